The predicted molar refractivity (Wildman–Crippen MR) is 84.3 cm³/mol. The summed E-state index contributed by atoms with van der Waals surface area (Å²) in [5, 5.41) is 15.1. The number of hydrogen-bond acceptors (Lipinski definition) is 3. The van der Waals surface area contributed by atoms with E-state index in [4.69, 9.17) is 5.11 Å². The van der Waals surface area contributed by atoms with Gasteiger partial charge in [0.05, 0.1) is 0 Å². The Morgan fingerprint density at radius 2 is 1.95 bits per heavy atom. The van der Waals surface area contributed by atoms with Gasteiger partial charge in [-0.2, -0.15) is 0 Å². The van der Waals surface area contributed by atoms with Crippen LogP contribution in [0.3, 0.4) is 0 Å². The number of carbonyl (C=O) groups is 1. The van der Waals surface area contributed by atoms with Crippen LogP contribution in [0.4, 0.5) is 11.4 Å². The van der Waals surface area contributed by atoms with Crippen molar-refractivity contribution in [3.05, 3.63) is 24.3 Å². The Hall–Kier alpha value is -1.55. The summed E-state index contributed by atoms with van der Waals surface area (Å²) < 4.78 is 0. The summed E-state index contributed by atoms with van der Waals surface area (Å²) in [4.78, 5) is 11.2. The quantitative estimate of drug-likeness (QED) is 0.780. The van der Waals surface area contributed by atoms with E-state index in [-0.39, 0.29) is 5.91 Å². The lowest BCUT2D eigenvalue weighted by atomic mass is 9.82. The lowest BCUT2D eigenvalue weighted by Gasteiger charge is -2.30. The largest absolute Gasteiger partial charge is 0.387 e. The fraction of sp³-hybridized carbons (Fsp3) is 0.588. The second-order valence-corrected chi connectivity index (χ2v) is 6.39. The first kappa shape index (κ1) is 14.4. The van der Waals surface area contributed by atoms with Crippen LogP contribution >= 0.6 is 0 Å². The van der Waals surface area contributed by atoms with Crippen LogP contribution in [0.1, 0.15) is 38.5 Å². The number of aliphatic hydroxyl groups is 1. The molecule has 3 rings (SSSR count). The fourth-order valence-corrected chi connectivity index (χ4v) is 3.48. The molecule has 1 aromatic carbocycles. The van der Waals surface area contributed by atoms with Crippen molar-refractivity contribution in [2.24, 2.45) is 11.8 Å². The third kappa shape index (κ3) is 3.97. The van der Waals surface area contributed by atoms with Gasteiger partial charge in [-0.3, -0.25) is 4.79 Å². The van der Waals surface area contributed by atoms with E-state index in [0.29, 0.717) is 6.04 Å². The van der Waals surface area contributed by atoms with Crippen LogP contribution in [0.15, 0.2) is 24.3 Å². The molecule has 21 heavy (non-hydrogen) atoms. The van der Waals surface area contributed by atoms with Gasteiger partial charge in [-0.1, -0.05) is 18.9 Å². The van der Waals surface area contributed by atoms with Crippen LogP contribution in [-0.4, -0.2) is 23.7 Å². The Bertz CT molecular complexity index is 499. The van der Waals surface area contributed by atoms with E-state index in [1.54, 1.807) is 0 Å². The highest BCUT2D eigenvalue weighted by molar-refractivity contribution is 5.91. The standard InChI is InChI=1S/C17H24N2O2/c20-11-17(21)19-16-6-2-5-15(10-16)18-14-4-1-3-13(9-14)12-7-8-12/h2,5-6,10,12-14,18,20H,1,3-4,7-9,11H2,(H,19,21)/t13-,14+/m0/s1. The Labute approximate surface area is 125 Å². The Balaban J connectivity index is 1.58. The van der Waals surface area contributed by atoms with Gasteiger partial charge in [0.1, 0.15) is 6.61 Å². The smallest absolute Gasteiger partial charge is 0.250 e. The molecule has 0 aromatic heterocycles. The van der Waals surface area contributed by atoms with Crippen molar-refractivity contribution >= 4 is 17.3 Å². The summed E-state index contributed by atoms with van der Waals surface area (Å²) in [6, 6.07) is 8.29. The van der Waals surface area contributed by atoms with Gasteiger partial charge in [0.25, 0.3) is 0 Å². The van der Waals surface area contributed by atoms with E-state index in [1.165, 1.54) is 38.5 Å². The highest BCUT2D eigenvalue weighted by Crippen LogP contribution is 2.44. The number of benzene rings is 1. The van der Waals surface area contributed by atoms with Gasteiger partial charge in [0.15, 0.2) is 0 Å². The first-order valence-corrected chi connectivity index (χ1v) is 8.02. The summed E-state index contributed by atoms with van der Waals surface area (Å²) >= 11 is 0. The zero-order chi connectivity index (χ0) is 14.7. The Morgan fingerprint density at radius 3 is 2.71 bits per heavy atom. The predicted octanol–water partition coefficient (Wildman–Crippen LogP) is 3.00. The van der Waals surface area contributed by atoms with Gasteiger partial charge >= 0.3 is 0 Å². The zero-order valence-electron chi connectivity index (χ0n) is 12.3. The van der Waals surface area contributed by atoms with Gasteiger partial charge < -0.3 is 15.7 Å². The van der Waals surface area contributed by atoms with Crippen molar-refractivity contribution in [2.75, 3.05) is 17.2 Å². The topological polar surface area (TPSA) is 61.4 Å². The minimum atomic E-state index is -0.483. The van der Waals surface area contributed by atoms with Crippen molar-refractivity contribution in [2.45, 2.75) is 44.6 Å². The molecule has 3 N–H and O–H groups in total. The normalized spacial score (nSPS) is 25.4. The number of anilines is 2. The minimum absolute atomic E-state index is 0.376. The SMILES string of the molecule is O=C(CO)Nc1cccc(N[C@@H]2CCC[C@H](C3CC3)C2)c1. The van der Waals surface area contributed by atoms with Gasteiger partial charge in [-0.15, -0.1) is 0 Å². The number of carbonyl (C=O) groups excluding carboxylic acids is 1. The Morgan fingerprint density at radius 1 is 1.14 bits per heavy atom. The van der Waals surface area contributed by atoms with E-state index in [9.17, 15) is 4.79 Å². The molecule has 0 radical (unpaired) electrons. The summed E-state index contributed by atoms with van der Waals surface area (Å²) in [6.07, 6.45) is 8.09. The third-order valence-electron chi connectivity index (χ3n) is 4.66. The van der Waals surface area contributed by atoms with E-state index >= 15 is 0 Å². The van der Waals surface area contributed by atoms with Crippen LogP contribution in [0, 0.1) is 11.8 Å². The zero-order valence-corrected chi connectivity index (χ0v) is 12.3. The third-order valence-corrected chi connectivity index (χ3v) is 4.66. The molecule has 2 aliphatic rings. The van der Waals surface area contributed by atoms with E-state index in [2.05, 4.69) is 10.6 Å². The van der Waals surface area contributed by atoms with E-state index in [0.717, 1.165) is 23.2 Å². The number of amides is 1. The highest BCUT2D eigenvalue weighted by Gasteiger charge is 2.34. The van der Waals surface area contributed by atoms with Crippen LogP contribution in [0.25, 0.3) is 0 Å². The maximum atomic E-state index is 11.2. The van der Waals surface area contributed by atoms with Crippen LogP contribution in [-0.2, 0) is 4.79 Å². The summed E-state index contributed by atoms with van der Waals surface area (Å²) in [5.74, 6) is 1.52. The molecular formula is C17H24N2O2. The van der Waals surface area contributed by atoms with Crippen LogP contribution < -0.4 is 10.6 Å². The molecule has 0 heterocycles. The van der Waals surface area contributed by atoms with Crippen molar-refractivity contribution in [3.63, 3.8) is 0 Å². The van der Waals surface area contributed by atoms with Crippen LogP contribution in [0.5, 0.6) is 0 Å². The number of hydrogen-bond donors (Lipinski definition) is 3. The molecule has 0 spiro atoms. The molecule has 4 heteroatoms. The molecule has 2 fully saturated rings. The highest BCUT2D eigenvalue weighted by atomic mass is 16.3. The summed E-state index contributed by atoms with van der Waals surface area (Å²) in [5.41, 5.74) is 1.78. The maximum Gasteiger partial charge on any atom is 0.250 e. The second-order valence-electron chi connectivity index (χ2n) is 6.39. The molecule has 114 valence electrons. The molecule has 0 unspecified atom stereocenters. The lowest BCUT2D eigenvalue weighted by Crippen LogP contribution is -2.28. The monoisotopic (exact) mass is 288 g/mol. The molecule has 1 aromatic rings. The second kappa shape index (κ2) is 6.48. The molecule has 1 amide bonds. The van der Waals surface area contributed by atoms with Gasteiger partial charge in [-0.05, 0) is 55.7 Å². The average molecular weight is 288 g/mol. The van der Waals surface area contributed by atoms with Crippen LogP contribution in [0.2, 0.25) is 0 Å². The molecule has 2 saturated carbocycles. The van der Waals surface area contributed by atoms with Crippen molar-refractivity contribution in [3.8, 4) is 0 Å². The van der Waals surface area contributed by atoms with Crippen molar-refractivity contribution in [1.82, 2.24) is 0 Å². The fourth-order valence-electron chi connectivity index (χ4n) is 3.48. The van der Waals surface area contributed by atoms with E-state index in [1.807, 2.05) is 24.3 Å². The number of rotatable bonds is 5. The van der Waals surface area contributed by atoms with Crippen molar-refractivity contribution in [1.29, 1.82) is 0 Å². The van der Waals surface area contributed by atoms with E-state index < -0.39 is 6.61 Å². The molecule has 2 atom stereocenters. The molecule has 2 aliphatic carbocycles. The molecule has 4 nitrogen and oxygen atoms in total. The first-order valence-electron chi connectivity index (χ1n) is 8.02. The lowest BCUT2D eigenvalue weighted by molar-refractivity contribution is -0.118. The average Bonchev–Trinajstić information content (AvgIpc) is 3.32. The number of nitrogens with one attached hydrogen (secondary N) is 2. The van der Waals surface area contributed by atoms with Gasteiger partial charge in [-0.25, -0.2) is 0 Å². The molecule has 0 bridgehead atoms. The molecule has 0 saturated heterocycles. The Kier molecular flexibility index (Phi) is 4.44. The minimum Gasteiger partial charge on any atom is -0.387 e. The summed E-state index contributed by atoms with van der Waals surface area (Å²) in [6.45, 7) is -0.483. The van der Waals surface area contributed by atoms with Crippen molar-refractivity contribution < 1.29 is 9.90 Å². The maximum absolute atomic E-state index is 11.2. The van der Waals surface area contributed by atoms with Gasteiger partial charge in [0, 0.05) is 17.4 Å². The molecular weight excluding hydrogens is 264 g/mol. The summed E-state index contributed by atoms with van der Waals surface area (Å²) in [7, 11) is 0. The molecule has 0 aliphatic heterocycles. The number of aliphatic hydroxyl groups excluding tert-OH is 1. The van der Waals surface area contributed by atoms with Gasteiger partial charge in [0.2, 0.25) is 5.91 Å². The first-order chi connectivity index (χ1) is 10.2.